The minimum absolute atomic E-state index is 0.00463. The van der Waals surface area contributed by atoms with Crippen LogP contribution in [0.2, 0.25) is 0 Å². The molecule has 0 saturated carbocycles. The first-order chi connectivity index (χ1) is 37.2. The highest BCUT2D eigenvalue weighted by molar-refractivity contribution is 5.99. The fraction of sp³-hybridized carbons (Fsp3) is 0.519. The van der Waals surface area contributed by atoms with Crippen LogP contribution in [0.1, 0.15) is 78.6 Å². The van der Waals surface area contributed by atoms with E-state index < -0.39 is 98.1 Å². The number of nitrogens with zero attached hydrogens (tertiary/aromatic N) is 4. The second kappa shape index (κ2) is 32.7. The van der Waals surface area contributed by atoms with Crippen molar-refractivity contribution in [2.24, 2.45) is 0 Å². The number of carbonyl (C=O) groups is 10. The van der Waals surface area contributed by atoms with Gasteiger partial charge in [-0.15, -0.1) is 0 Å². The summed E-state index contributed by atoms with van der Waals surface area (Å²) in [7, 11) is 0. The number of aromatic nitrogens is 1. The largest absolute Gasteiger partial charge is 0.480 e. The van der Waals surface area contributed by atoms with Gasteiger partial charge in [-0.25, -0.2) is 0 Å². The standard InChI is InChI=1S/C52H68N6O20/c1-34(59)73-31-76-47(64)15-7-12-42(50(67)68)56-22-20-55(30-46(63)53-38-18-19-39-40(37-10-5-4-6-11-37)29-45(62)54-41(39)28-38)21-23-57(43(51(69)70)13-8-16-48(65)77-32-74-35(2)60)25-27-58(26-24-56)44(52(71)72)14-9-17-49(66)78-33-75-36(3)61/h4-6,10-11,18-19,28-29,42-44H,7-9,12-17,20-27,30-33H2,1-3H3,(H,53,63)(H,54,62)(H,67,68)(H,69,70)(H,71,72). The van der Waals surface area contributed by atoms with Gasteiger partial charge in [-0.2, -0.15) is 0 Å². The fourth-order valence-electron chi connectivity index (χ4n) is 8.65. The number of nitrogens with one attached hydrogen (secondary N) is 2. The van der Waals surface area contributed by atoms with Crippen molar-refractivity contribution in [2.45, 2.75) is 96.7 Å². The average Bonchev–Trinajstić information content (AvgIpc) is 3.38. The molecular formula is C52H68N6O20. The molecule has 0 spiro atoms. The van der Waals surface area contributed by atoms with Crippen molar-refractivity contribution >= 4 is 76.2 Å². The number of H-pyrrole nitrogens is 1. The molecule has 0 bridgehead atoms. The van der Waals surface area contributed by atoms with E-state index in [1.165, 1.54) is 11.0 Å². The van der Waals surface area contributed by atoms with Crippen molar-refractivity contribution in [1.29, 1.82) is 0 Å². The topological polar surface area (TPSA) is 345 Å². The molecule has 3 aromatic rings. The maximum absolute atomic E-state index is 14.0. The van der Waals surface area contributed by atoms with Crippen molar-refractivity contribution in [3.8, 4) is 11.1 Å². The number of amides is 1. The SMILES string of the molecule is CC(=O)OCOC(=O)CCCC(C(=O)O)N1CCN(CC(=O)Nc2ccc3c(-c4ccccc4)cc(=O)[nH]c3c2)CCN(C(CCCC(=O)OCOC(C)=O)C(=O)O)CCN(C(CCCC(=O)OCOC(C)=O)C(=O)O)CC1. The number of pyridine rings is 1. The van der Waals surface area contributed by atoms with Gasteiger partial charge < -0.3 is 54.0 Å². The number of fused-ring (bicyclic) bond motifs is 1. The van der Waals surface area contributed by atoms with E-state index in [0.717, 1.165) is 26.3 Å². The maximum atomic E-state index is 14.0. The summed E-state index contributed by atoms with van der Waals surface area (Å²) in [4.78, 5) is 146. The molecule has 78 heavy (non-hydrogen) atoms. The van der Waals surface area contributed by atoms with Crippen LogP contribution in [-0.4, -0.2) is 197 Å². The van der Waals surface area contributed by atoms with Gasteiger partial charge in [0.05, 0.1) is 12.1 Å². The molecule has 2 heterocycles. The van der Waals surface area contributed by atoms with E-state index in [4.69, 9.17) is 14.2 Å². The van der Waals surface area contributed by atoms with Crippen molar-refractivity contribution in [3.63, 3.8) is 0 Å². The lowest BCUT2D eigenvalue weighted by Crippen LogP contribution is -2.55. The number of carboxylic acids is 3. The van der Waals surface area contributed by atoms with E-state index in [0.29, 0.717) is 22.2 Å². The van der Waals surface area contributed by atoms with Crippen LogP contribution >= 0.6 is 0 Å². The second-order valence-electron chi connectivity index (χ2n) is 18.2. The minimum atomic E-state index is -1.30. The van der Waals surface area contributed by atoms with Gasteiger partial charge in [-0.1, -0.05) is 36.4 Å². The molecule has 0 radical (unpaired) electrons. The van der Waals surface area contributed by atoms with Crippen molar-refractivity contribution in [2.75, 3.05) is 84.6 Å². The molecule has 26 heteroatoms. The van der Waals surface area contributed by atoms with Gasteiger partial charge in [0, 0.05) is 110 Å². The highest BCUT2D eigenvalue weighted by atomic mass is 16.7. The molecule has 1 saturated heterocycles. The van der Waals surface area contributed by atoms with Gasteiger partial charge in [-0.3, -0.25) is 72.3 Å². The number of anilines is 1. The first kappa shape index (κ1) is 62.7. The quantitative estimate of drug-likeness (QED) is 0.0396. The van der Waals surface area contributed by atoms with Gasteiger partial charge in [-0.05, 0) is 61.8 Å². The summed E-state index contributed by atoms with van der Waals surface area (Å²) < 4.78 is 28.7. The first-order valence-corrected chi connectivity index (χ1v) is 25.2. The number of benzene rings is 2. The van der Waals surface area contributed by atoms with E-state index in [9.17, 15) is 68.1 Å². The molecule has 1 aliphatic rings. The summed E-state index contributed by atoms with van der Waals surface area (Å²) in [5.41, 5.74) is 1.90. The zero-order chi connectivity index (χ0) is 57.1. The number of aromatic amines is 1. The number of ether oxygens (including phenoxy) is 6. The number of hydrogen-bond acceptors (Lipinski definition) is 21. The molecule has 426 valence electrons. The van der Waals surface area contributed by atoms with Crippen LogP contribution in [0, 0.1) is 0 Å². The summed E-state index contributed by atoms with van der Waals surface area (Å²) in [6.07, 6.45) is -1.07. The molecule has 3 unspecified atom stereocenters. The van der Waals surface area contributed by atoms with Gasteiger partial charge in [0.15, 0.2) is 0 Å². The van der Waals surface area contributed by atoms with Crippen molar-refractivity contribution in [3.05, 3.63) is 65.0 Å². The van der Waals surface area contributed by atoms with Gasteiger partial charge in [0.25, 0.3) is 0 Å². The molecule has 1 aliphatic heterocycles. The average molecular weight is 1100 g/mol. The van der Waals surface area contributed by atoms with Gasteiger partial charge >= 0.3 is 53.7 Å². The smallest absolute Gasteiger partial charge is 0.320 e. The van der Waals surface area contributed by atoms with Crippen LogP contribution in [-0.2, 0) is 76.4 Å². The summed E-state index contributed by atoms with van der Waals surface area (Å²) in [5, 5.41) is 35.6. The Morgan fingerprint density at radius 3 is 1.32 bits per heavy atom. The van der Waals surface area contributed by atoms with Crippen LogP contribution in [0.4, 0.5) is 5.69 Å². The summed E-state index contributed by atoms with van der Waals surface area (Å²) >= 11 is 0. The number of hydrogen-bond donors (Lipinski definition) is 5. The molecule has 2 aromatic carbocycles. The van der Waals surface area contributed by atoms with E-state index in [-0.39, 0.29) is 122 Å². The lowest BCUT2D eigenvalue weighted by atomic mass is 10.0. The highest BCUT2D eigenvalue weighted by Crippen LogP contribution is 2.28. The predicted molar refractivity (Wildman–Crippen MR) is 274 cm³/mol. The fourth-order valence-corrected chi connectivity index (χ4v) is 8.65. The maximum Gasteiger partial charge on any atom is 0.320 e. The summed E-state index contributed by atoms with van der Waals surface area (Å²) in [6, 6.07) is 12.0. The first-order valence-electron chi connectivity index (χ1n) is 25.2. The van der Waals surface area contributed by atoms with E-state index in [1.807, 2.05) is 30.3 Å². The van der Waals surface area contributed by atoms with E-state index >= 15 is 0 Å². The second-order valence-corrected chi connectivity index (χ2v) is 18.2. The van der Waals surface area contributed by atoms with E-state index in [1.54, 1.807) is 32.9 Å². The number of carbonyl (C=O) groups excluding carboxylic acids is 7. The van der Waals surface area contributed by atoms with Crippen LogP contribution < -0.4 is 10.9 Å². The van der Waals surface area contributed by atoms with Crippen LogP contribution in [0.3, 0.4) is 0 Å². The monoisotopic (exact) mass is 1100 g/mol. The zero-order valence-electron chi connectivity index (χ0n) is 43.8. The molecule has 5 N–H and O–H groups in total. The lowest BCUT2D eigenvalue weighted by molar-refractivity contribution is -0.167. The third-order valence-corrected chi connectivity index (χ3v) is 12.5. The van der Waals surface area contributed by atoms with Crippen molar-refractivity contribution in [1.82, 2.24) is 24.6 Å². The zero-order valence-corrected chi connectivity index (χ0v) is 43.8. The Morgan fingerprint density at radius 1 is 0.538 bits per heavy atom. The van der Waals surface area contributed by atoms with Gasteiger partial charge in [0.2, 0.25) is 31.8 Å². The minimum Gasteiger partial charge on any atom is -0.480 e. The summed E-state index contributed by atoms with van der Waals surface area (Å²) in [6.45, 7) is 0.688. The Labute approximate surface area is 448 Å². The lowest BCUT2D eigenvalue weighted by Gasteiger charge is -2.38. The molecule has 1 aromatic heterocycles. The highest BCUT2D eigenvalue weighted by Gasteiger charge is 2.33. The summed E-state index contributed by atoms with van der Waals surface area (Å²) in [5.74, 6) is -8.69. The Morgan fingerprint density at radius 2 is 0.936 bits per heavy atom. The molecule has 4 rings (SSSR count). The molecule has 0 aliphatic carbocycles. The molecular weight excluding hydrogens is 1030 g/mol. The molecule has 26 nitrogen and oxygen atoms in total. The number of carboxylic acid groups (broad SMARTS) is 3. The Kier molecular flexibility index (Phi) is 26.3. The number of rotatable bonds is 28. The third kappa shape index (κ3) is 22.4. The number of aliphatic carboxylic acids is 3. The van der Waals surface area contributed by atoms with Crippen molar-refractivity contribution < 1.29 is 91.7 Å². The Hall–Kier alpha value is -7.81. The molecule has 1 amide bonds. The predicted octanol–water partition coefficient (Wildman–Crippen LogP) is 2.42. The van der Waals surface area contributed by atoms with Crippen LogP contribution in [0.5, 0.6) is 0 Å². The Bertz CT molecular complexity index is 2540. The van der Waals surface area contributed by atoms with Crippen LogP contribution in [0.15, 0.2) is 59.4 Å². The number of esters is 6. The van der Waals surface area contributed by atoms with E-state index in [2.05, 4.69) is 24.5 Å². The Balaban J connectivity index is 1.67. The normalized spacial score (nSPS) is 15.2. The van der Waals surface area contributed by atoms with Crippen LogP contribution in [0.25, 0.3) is 22.0 Å². The third-order valence-electron chi connectivity index (χ3n) is 12.5. The molecule has 3 atom stereocenters. The molecule has 1 fully saturated rings. The van der Waals surface area contributed by atoms with Gasteiger partial charge in [0.1, 0.15) is 18.1 Å².